The highest BCUT2D eigenvalue weighted by Crippen LogP contribution is 2.27. The molecule has 0 unspecified atom stereocenters. The average molecular weight is 633 g/mol. The zero-order valence-electron chi connectivity index (χ0n) is 27.1. The van der Waals surface area contributed by atoms with Gasteiger partial charge in [-0.05, 0) is 51.0 Å². The van der Waals surface area contributed by atoms with Crippen molar-refractivity contribution in [3.63, 3.8) is 0 Å². The van der Waals surface area contributed by atoms with Crippen LogP contribution in [-0.4, -0.2) is 78.2 Å². The van der Waals surface area contributed by atoms with Crippen LogP contribution in [0.5, 0.6) is 0 Å². The van der Waals surface area contributed by atoms with Crippen LogP contribution in [0, 0.1) is 11.8 Å². The average Bonchev–Trinajstić information content (AvgIpc) is 3.00. The van der Waals surface area contributed by atoms with E-state index in [1.165, 1.54) is 0 Å². The van der Waals surface area contributed by atoms with E-state index in [0.717, 1.165) is 38.2 Å². The fourth-order valence-electron chi connectivity index (χ4n) is 5.39. The van der Waals surface area contributed by atoms with E-state index in [9.17, 15) is 28.8 Å². The first-order valence-electron chi connectivity index (χ1n) is 16.0. The Kier molecular flexibility index (Phi) is 15.0. The summed E-state index contributed by atoms with van der Waals surface area (Å²) < 4.78 is 0. The van der Waals surface area contributed by atoms with Gasteiger partial charge in [-0.3, -0.25) is 39.1 Å². The van der Waals surface area contributed by atoms with E-state index in [2.05, 4.69) is 43.5 Å². The lowest BCUT2D eigenvalue weighted by atomic mass is 9.84. The topological polar surface area (TPSA) is 213 Å². The van der Waals surface area contributed by atoms with E-state index in [4.69, 9.17) is 5.73 Å². The monoisotopic (exact) mass is 632 g/mol. The molecule has 6 amide bonds. The fraction of sp³-hybridized carbons (Fsp3) is 0.710. The second-order valence-electron chi connectivity index (χ2n) is 12.4. The minimum absolute atomic E-state index is 0.0445. The first kappa shape index (κ1) is 37.2. The van der Waals surface area contributed by atoms with Gasteiger partial charge >= 0.3 is 0 Å². The molecule has 2 aliphatic rings. The quantitative estimate of drug-likeness (QED) is 0.0772. The van der Waals surface area contributed by atoms with Crippen molar-refractivity contribution < 1.29 is 28.8 Å². The molecule has 252 valence electrons. The van der Waals surface area contributed by atoms with Gasteiger partial charge in [0.15, 0.2) is 5.96 Å². The van der Waals surface area contributed by atoms with E-state index in [0.29, 0.717) is 12.8 Å². The number of hydrogen-bond donors (Lipinski definition) is 7. The number of guanidine groups is 1. The normalized spacial score (nSPS) is 26.1. The Morgan fingerprint density at radius 1 is 1.02 bits per heavy atom. The fourth-order valence-corrected chi connectivity index (χ4v) is 5.39. The van der Waals surface area contributed by atoms with Crippen LogP contribution in [0.4, 0.5) is 0 Å². The minimum atomic E-state index is -1.46. The maximum Gasteiger partial charge on any atom is 0.250 e. The molecule has 4 atom stereocenters. The van der Waals surface area contributed by atoms with Crippen molar-refractivity contribution in [1.29, 1.82) is 0 Å². The molecule has 1 heterocycles. The summed E-state index contributed by atoms with van der Waals surface area (Å²) in [4.78, 5) is 82.3. The molecule has 0 bridgehead atoms. The van der Waals surface area contributed by atoms with Crippen LogP contribution < -0.4 is 37.6 Å². The van der Waals surface area contributed by atoms with Crippen LogP contribution in [0.2, 0.25) is 0 Å². The molecule has 0 spiro atoms. The summed E-state index contributed by atoms with van der Waals surface area (Å²) >= 11 is 0. The smallest absolute Gasteiger partial charge is 0.250 e. The lowest BCUT2D eigenvalue weighted by Gasteiger charge is -2.34. The number of aliphatic imine (C=N–C) groups is 1. The summed E-state index contributed by atoms with van der Waals surface area (Å²) in [5.74, 6) is -3.17. The van der Waals surface area contributed by atoms with Gasteiger partial charge in [0.25, 0.3) is 0 Å². The lowest BCUT2D eigenvalue weighted by Crippen LogP contribution is -2.63. The Labute approximate surface area is 265 Å². The molecular formula is C31H52N8O6. The highest BCUT2D eigenvalue weighted by atomic mass is 16.2. The lowest BCUT2D eigenvalue weighted by molar-refractivity contribution is -0.138. The zero-order chi connectivity index (χ0) is 33.6. The van der Waals surface area contributed by atoms with Gasteiger partial charge in [0.05, 0.1) is 0 Å². The molecule has 0 aromatic rings. The molecule has 0 radical (unpaired) electrons. The van der Waals surface area contributed by atoms with E-state index in [-0.39, 0.29) is 56.0 Å². The third kappa shape index (κ3) is 12.1. The molecule has 1 aliphatic carbocycles. The van der Waals surface area contributed by atoms with E-state index in [1.54, 1.807) is 27.7 Å². The molecule has 2 fully saturated rings. The van der Waals surface area contributed by atoms with Crippen LogP contribution in [0.1, 0.15) is 91.9 Å². The number of nitrogens with one attached hydrogen (secondary N) is 6. The third-order valence-corrected chi connectivity index (χ3v) is 8.31. The summed E-state index contributed by atoms with van der Waals surface area (Å²) in [6.45, 7) is 10.2. The molecular weight excluding hydrogens is 580 g/mol. The molecule has 0 aromatic heterocycles. The van der Waals surface area contributed by atoms with Crippen molar-refractivity contribution in [2.45, 2.75) is 116 Å². The van der Waals surface area contributed by atoms with Crippen molar-refractivity contribution in [3.05, 3.63) is 12.7 Å². The largest absolute Gasteiger partial charge is 0.370 e. The van der Waals surface area contributed by atoms with E-state index < -0.39 is 53.2 Å². The molecule has 14 heteroatoms. The highest BCUT2D eigenvalue weighted by molar-refractivity contribution is 6.01. The van der Waals surface area contributed by atoms with Crippen molar-refractivity contribution in [3.8, 4) is 0 Å². The van der Waals surface area contributed by atoms with Crippen molar-refractivity contribution in [2.24, 2.45) is 22.6 Å². The molecule has 8 N–H and O–H groups in total. The number of nitrogens with zero attached hydrogens (tertiary/aromatic N) is 1. The van der Waals surface area contributed by atoms with Crippen molar-refractivity contribution in [1.82, 2.24) is 31.9 Å². The zero-order valence-corrected chi connectivity index (χ0v) is 27.1. The molecule has 1 aliphatic heterocycles. The minimum Gasteiger partial charge on any atom is -0.370 e. The van der Waals surface area contributed by atoms with Gasteiger partial charge in [-0.15, -0.1) is 0 Å². The van der Waals surface area contributed by atoms with Gasteiger partial charge in [0.1, 0.15) is 23.7 Å². The Hall–Kier alpha value is -3.97. The Balaban J connectivity index is 2.35. The van der Waals surface area contributed by atoms with Crippen molar-refractivity contribution >= 4 is 41.4 Å². The summed E-state index contributed by atoms with van der Waals surface area (Å²) in [6.07, 6.45) is 7.50. The predicted octanol–water partition coefficient (Wildman–Crippen LogP) is 0.269. The summed E-state index contributed by atoms with van der Waals surface area (Å²) in [6, 6.07) is -2.83. The molecule has 14 nitrogen and oxygen atoms in total. The van der Waals surface area contributed by atoms with Gasteiger partial charge in [-0.1, -0.05) is 59.5 Å². The van der Waals surface area contributed by atoms with Crippen LogP contribution in [-0.2, 0) is 28.8 Å². The Morgan fingerprint density at radius 3 is 2.29 bits per heavy atom. The van der Waals surface area contributed by atoms with Gasteiger partial charge in [-0.2, -0.15) is 0 Å². The second kappa shape index (κ2) is 18.1. The van der Waals surface area contributed by atoms with E-state index >= 15 is 0 Å². The number of nitrogens with two attached hydrogens (primary N) is 1. The predicted molar refractivity (Wildman–Crippen MR) is 170 cm³/mol. The van der Waals surface area contributed by atoms with E-state index in [1.807, 2.05) is 0 Å². The van der Waals surface area contributed by atoms with Gasteiger partial charge in [0, 0.05) is 19.0 Å². The molecule has 45 heavy (non-hydrogen) atoms. The number of carbonyl (C=O) groups excluding carboxylic acids is 6. The SMILES string of the molecule is C=CC(=O)NC(N)=NCCC[C@@H]1NC(=O)[C@](C)(NC(=O)C(C)C)CCNC(=O)[C@@H](CC2CCCCC2)NC(=O)[C@H](CC)NC1=O. The Morgan fingerprint density at radius 2 is 1.67 bits per heavy atom. The molecule has 0 aromatic carbocycles. The third-order valence-electron chi connectivity index (χ3n) is 8.31. The maximum atomic E-state index is 13.7. The van der Waals surface area contributed by atoms with Crippen LogP contribution >= 0.6 is 0 Å². The van der Waals surface area contributed by atoms with Gasteiger partial charge in [0.2, 0.25) is 35.4 Å². The van der Waals surface area contributed by atoms with Crippen molar-refractivity contribution in [2.75, 3.05) is 13.1 Å². The molecule has 1 saturated carbocycles. The number of rotatable bonds is 10. The molecule has 1 saturated heterocycles. The maximum absolute atomic E-state index is 13.7. The first-order valence-corrected chi connectivity index (χ1v) is 16.0. The van der Waals surface area contributed by atoms with Crippen LogP contribution in [0.3, 0.4) is 0 Å². The first-order chi connectivity index (χ1) is 21.3. The van der Waals surface area contributed by atoms with Gasteiger partial charge in [-0.25, -0.2) is 0 Å². The standard InChI is InChI=1S/C31H52N8O6/c1-6-21-27(43)36-23(18-20-12-9-8-10-13-20)26(42)33-17-15-31(5,39-25(41)19(3)4)29(45)37-22(28(44)35-21)14-11-16-34-30(32)38-24(40)7-2/h7,19-23H,2,6,8-18H2,1,3-5H3,(H,33,42)(H,35,44)(H,36,43)(H,37,45)(H,39,41)(H3,32,34,38,40)/t21-,22-,23+,31+/m0/s1. The number of amides is 6. The van der Waals surface area contributed by atoms with Crippen LogP contribution in [0.15, 0.2) is 17.6 Å². The summed E-state index contributed by atoms with van der Waals surface area (Å²) in [5, 5.41) is 16.3. The van der Waals surface area contributed by atoms with Crippen LogP contribution in [0.25, 0.3) is 0 Å². The number of hydrogen-bond acceptors (Lipinski definition) is 7. The molecule has 2 rings (SSSR count). The van der Waals surface area contributed by atoms with Gasteiger partial charge < -0.3 is 32.3 Å². The Bertz CT molecular complexity index is 1120. The second-order valence-corrected chi connectivity index (χ2v) is 12.4. The highest BCUT2D eigenvalue weighted by Gasteiger charge is 2.39. The summed E-state index contributed by atoms with van der Waals surface area (Å²) in [7, 11) is 0. The number of carbonyl (C=O) groups is 6. The summed E-state index contributed by atoms with van der Waals surface area (Å²) in [5.41, 5.74) is 4.25.